The molecule has 18 heavy (non-hydrogen) atoms. The molecule has 3 N–H and O–H groups in total. The molecule has 1 aromatic carbocycles. The van der Waals surface area contributed by atoms with Crippen LogP contribution in [0.4, 0.5) is 15.8 Å². The van der Waals surface area contributed by atoms with Crippen molar-refractivity contribution in [2.75, 3.05) is 11.9 Å². The van der Waals surface area contributed by atoms with E-state index in [0.29, 0.717) is 6.54 Å². The number of nitrogens with two attached hydrogens (primary N) is 1. The highest BCUT2D eigenvalue weighted by molar-refractivity contribution is 6.31. The van der Waals surface area contributed by atoms with Crippen molar-refractivity contribution >= 4 is 23.0 Å². The van der Waals surface area contributed by atoms with Crippen LogP contribution in [0.2, 0.25) is 5.02 Å². The summed E-state index contributed by atoms with van der Waals surface area (Å²) in [5.74, 6) is -0.697. The summed E-state index contributed by atoms with van der Waals surface area (Å²) in [5.41, 5.74) is 5.40. The van der Waals surface area contributed by atoms with Gasteiger partial charge in [-0.3, -0.25) is 10.1 Å². The Kier molecular flexibility index (Phi) is 5.30. The van der Waals surface area contributed by atoms with E-state index in [-0.39, 0.29) is 22.4 Å². The van der Waals surface area contributed by atoms with Crippen molar-refractivity contribution in [3.05, 3.63) is 33.1 Å². The van der Waals surface area contributed by atoms with E-state index in [1.807, 2.05) is 6.92 Å². The summed E-state index contributed by atoms with van der Waals surface area (Å²) in [7, 11) is 0. The average molecular weight is 276 g/mol. The summed E-state index contributed by atoms with van der Waals surface area (Å²) in [6.07, 6.45) is 1.62. The van der Waals surface area contributed by atoms with Gasteiger partial charge in [0.25, 0.3) is 5.69 Å². The number of benzene rings is 1. The molecular formula is C11H15ClFN3O2. The van der Waals surface area contributed by atoms with E-state index in [1.54, 1.807) is 0 Å². The summed E-state index contributed by atoms with van der Waals surface area (Å²) < 4.78 is 13.3. The largest absolute Gasteiger partial charge is 0.375 e. The fourth-order valence-corrected chi connectivity index (χ4v) is 1.78. The maximum Gasteiger partial charge on any atom is 0.294 e. The summed E-state index contributed by atoms with van der Waals surface area (Å²) in [5, 5.41) is 13.5. The molecule has 0 bridgehead atoms. The van der Waals surface area contributed by atoms with Gasteiger partial charge in [0.05, 0.1) is 9.95 Å². The van der Waals surface area contributed by atoms with Gasteiger partial charge in [0.2, 0.25) is 0 Å². The van der Waals surface area contributed by atoms with Crippen molar-refractivity contribution in [2.45, 2.75) is 25.8 Å². The van der Waals surface area contributed by atoms with Crippen LogP contribution in [0, 0.1) is 15.9 Å². The number of nitrogens with one attached hydrogen (secondary N) is 1. The van der Waals surface area contributed by atoms with Gasteiger partial charge in [-0.05, 0) is 6.42 Å². The van der Waals surface area contributed by atoms with Crippen LogP contribution in [0.25, 0.3) is 0 Å². The maximum absolute atomic E-state index is 13.3. The first-order valence-electron chi connectivity index (χ1n) is 5.59. The number of hydrogen-bond donors (Lipinski definition) is 2. The minimum absolute atomic E-state index is 0.103. The highest BCUT2D eigenvalue weighted by Gasteiger charge is 2.19. The van der Waals surface area contributed by atoms with Gasteiger partial charge in [0.15, 0.2) is 0 Å². The predicted molar refractivity (Wildman–Crippen MR) is 69.4 cm³/mol. The molecule has 0 aliphatic carbocycles. The van der Waals surface area contributed by atoms with E-state index in [9.17, 15) is 14.5 Å². The number of anilines is 1. The lowest BCUT2D eigenvalue weighted by atomic mass is 10.1. The molecule has 0 saturated carbocycles. The zero-order valence-electron chi connectivity index (χ0n) is 9.95. The minimum atomic E-state index is -0.697. The number of nitro groups is 1. The lowest BCUT2D eigenvalue weighted by Crippen LogP contribution is -2.28. The second-order valence-corrected chi connectivity index (χ2v) is 4.31. The number of nitro benzene ring substituents is 1. The maximum atomic E-state index is 13.3. The fraction of sp³-hybridized carbons (Fsp3) is 0.455. The summed E-state index contributed by atoms with van der Waals surface area (Å²) in [4.78, 5) is 10.3. The van der Waals surface area contributed by atoms with Gasteiger partial charge in [-0.2, -0.15) is 0 Å². The van der Waals surface area contributed by atoms with Gasteiger partial charge in [0, 0.05) is 24.7 Å². The fourth-order valence-electron chi connectivity index (χ4n) is 1.62. The SMILES string of the molecule is CCCC(CN)Nc1cc(F)c(Cl)cc1[N+](=O)[O-]. The van der Waals surface area contributed by atoms with E-state index in [0.717, 1.165) is 25.0 Å². The van der Waals surface area contributed by atoms with Crippen molar-refractivity contribution in [2.24, 2.45) is 5.73 Å². The molecule has 100 valence electrons. The molecule has 0 aliphatic rings. The number of rotatable bonds is 6. The Balaban J connectivity index is 3.06. The Morgan fingerprint density at radius 2 is 2.28 bits per heavy atom. The third-order valence-corrected chi connectivity index (χ3v) is 2.81. The lowest BCUT2D eigenvalue weighted by molar-refractivity contribution is -0.384. The molecule has 1 unspecified atom stereocenters. The van der Waals surface area contributed by atoms with Gasteiger partial charge in [-0.15, -0.1) is 0 Å². The number of hydrogen-bond acceptors (Lipinski definition) is 4. The molecule has 0 fully saturated rings. The van der Waals surface area contributed by atoms with Crippen LogP contribution in [0.15, 0.2) is 12.1 Å². The Labute approximate surface area is 109 Å². The number of halogens is 2. The minimum Gasteiger partial charge on any atom is -0.375 e. The monoisotopic (exact) mass is 275 g/mol. The highest BCUT2D eigenvalue weighted by Crippen LogP contribution is 2.31. The summed E-state index contributed by atoms with van der Waals surface area (Å²) in [6, 6.07) is 1.90. The molecule has 0 spiro atoms. The highest BCUT2D eigenvalue weighted by atomic mass is 35.5. The van der Waals surface area contributed by atoms with Crippen LogP contribution >= 0.6 is 11.6 Å². The average Bonchev–Trinajstić information content (AvgIpc) is 2.32. The second-order valence-electron chi connectivity index (χ2n) is 3.91. The van der Waals surface area contributed by atoms with Crippen molar-refractivity contribution in [3.8, 4) is 0 Å². The van der Waals surface area contributed by atoms with Crippen LogP contribution < -0.4 is 11.1 Å². The molecule has 0 radical (unpaired) electrons. The Hall–Kier alpha value is -1.40. The molecule has 5 nitrogen and oxygen atoms in total. The van der Waals surface area contributed by atoms with Crippen molar-refractivity contribution in [1.82, 2.24) is 0 Å². The zero-order chi connectivity index (χ0) is 13.7. The van der Waals surface area contributed by atoms with E-state index in [2.05, 4.69) is 5.32 Å². The van der Waals surface area contributed by atoms with Crippen LogP contribution in [0.5, 0.6) is 0 Å². The Morgan fingerprint density at radius 3 is 2.78 bits per heavy atom. The van der Waals surface area contributed by atoms with Gasteiger partial charge in [-0.1, -0.05) is 24.9 Å². The quantitative estimate of drug-likeness (QED) is 0.618. The lowest BCUT2D eigenvalue weighted by Gasteiger charge is -2.17. The van der Waals surface area contributed by atoms with Crippen molar-refractivity contribution in [1.29, 1.82) is 0 Å². The molecule has 0 aromatic heterocycles. The van der Waals surface area contributed by atoms with Crippen LogP contribution in [-0.4, -0.2) is 17.5 Å². The standard InChI is InChI=1S/C11H15ClFN3O2/c1-2-3-7(6-14)15-10-5-9(13)8(12)4-11(10)16(17)18/h4-5,7,15H,2-3,6,14H2,1H3. The molecule has 0 saturated heterocycles. The third kappa shape index (κ3) is 3.54. The van der Waals surface area contributed by atoms with Gasteiger partial charge < -0.3 is 11.1 Å². The molecule has 0 aliphatic heterocycles. The van der Waals surface area contributed by atoms with Gasteiger partial charge >= 0.3 is 0 Å². The molecule has 0 amide bonds. The van der Waals surface area contributed by atoms with E-state index >= 15 is 0 Å². The zero-order valence-corrected chi connectivity index (χ0v) is 10.7. The van der Waals surface area contributed by atoms with Crippen LogP contribution in [0.1, 0.15) is 19.8 Å². The molecule has 7 heteroatoms. The Bertz CT molecular complexity index is 443. The smallest absolute Gasteiger partial charge is 0.294 e. The van der Waals surface area contributed by atoms with Crippen molar-refractivity contribution in [3.63, 3.8) is 0 Å². The number of nitrogens with zero attached hydrogens (tertiary/aromatic N) is 1. The van der Waals surface area contributed by atoms with Crippen LogP contribution in [-0.2, 0) is 0 Å². The van der Waals surface area contributed by atoms with Crippen LogP contribution in [0.3, 0.4) is 0 Å². The van der Waals surface area contributed by atoms with Crippen molar-refractivity contribution < 1.29 is 9.31 Å². The van der Waals surface area contributed by atoms with Gasteiger partial charge in [-0.25, -0.2) is 4.39 Å². The third-order valence-electron chi connectivity index (χ3n) is 2.52. The van der Waals surface area contributed by atoms with E-state index in [4.69, 9.17) is 17.3 Å². The molecule has 1 rings (SSSR count). The molecule has 1 atom stereocenters. The first kappa shape index (κ1) is 14.7. The molecule has 1 aromatic rings. The predicted octanol–water partition coefficient (Wildman–Crippen LogP) is 2.93. The topological polar surface area (TPSA) is 81.2 Å². The van der Waals surface area contributed by atoms with E-state index < -0.39 is 10.7 Å². The molecular weight excluding hydrogens is 261 g/mol. The Morgan fingerprint density at radius 1 is 1.61 bits per heavy atom. The second kappa shape index (κ2) is 6.51. The summed E-state index contributed by atoms with van der Waals surface area (Å²) >= 11 is 5.53. The normalized spacial score (nSPS) is 12.2. The summed E-state index contributed by atoms with van der Waals surface area (Å²) in [6.45, 7) is 2.29. The first-order chi connectivity index (χ1) is 8.49. The first-order valence-corrected chi connectivity index (χ1v) is 5.97. The van der Waals surface area contributed by atoms with Gasteiger partial charge in [0.1, 0.15) is 11.5 Å². The molecule has 0 heterocycles. The van der Waals surface area contributed by atoms with E-state index in [1.165, 1.54) is 0 Å².